The number of esters is 1. The van der Waals surface area contributed by atoms with Gasteiger partial charge in [0.2, 0.25) is 0 Å². The van der Waals surface area contributed by atoms with Gasteiger partial charge < -0.3 is 14.0 Å². The standard InChI is InChI=1S/C20H25BO4/c1-19(2)20(3,4)25-21(24-19)12-7-13-23-18(22)17-11-10-15-8-5-6-9-16(15)14-17/h5-6,8-11,14H,7,12-13H2,1-4H3. The topological polar surface area (TPSA) is 44.8 Å². The predicted molar refractivity (Wildman–Crippen MR) is 99.7 cm³/mol. The van der Waals surface area contributed by atoms with Crippen molar-refractivity contribution in [2.45, 2.75) is 51.6 Å². The Hall–Kier alpha value is -1.85. The fourth-order valence-corrected chi connectivity index (χ4v) is 2.90. The number of benzene rings is 2. The van der Waals surface area contributed by atoms with Crippen molar-refractivity contribution in [3.8, 4) is 0 Å². The van der Waals surface area contributed by atoms with Gasteiger partial charge in [-0.3, -0.25) is 0 Å². The first-order valence-corrected chi connectivity index (χ1v) is 8.80. The number of carbonyl (C=O) groups excluding carboxylic acids is 1. The van der Waals surface area contributed by atoms with Crippen molar-refractivity contribution < 1.29 is 18.8 Å². The number of carbonyl (C=O) groups is 1. The Morgan fingerprint density at radius 2 is 1.64 bits per heavy atom. The van der Waals surface area contributed by atoms with Crippen LogP contribution in [0.15, 0.2) is 42.5 Å². The maximum Gasteiger partial charge on any atom is 0.457 e. The lowest BCUT2D eigenvalue weighted by Crippen LogP contribution is -2.41. The molecule has 132 valence electrons. The normalized spacial score (nSPS) is 18.5. The van der Waals surface area contributed by atoms with Crippen molar-refractivity contribution in [2.75, 3.05) is 6.61 Å². The summed E-state index contributed by atoms with van der Waals surface area (Å²) in [5, 5.41) is 2.15. The Labute approximate surface area is 149 Å². The Bertz CT molecular complexity index is 753. The minimum Gasteiger partial charge on any atom is -0.462 e. The number of hydrogen-bond acceptors (Lipinski definition) is 4. The van der Waals surface area contributed by atoms with Crippen LogP contribution < -0.4 is 0 Å². The summed E-state index contributed by atoms with van der Waals surface area (Å²) in [4.78, 5) is 12.2. The molecule has 0 aromatic heterocycles. The average Bonchev–Trinajstić information content (AvgIpc) is 2.78. The Kier molecular flexibility index (Phi) is 4.89. The van der Waals surface area contributed by atoms with E-state index < -0.39 is 0 Å². The van der Waals surface area contributed by atoms with Gasteiger partial charge in [-0.25, -0.2) is 4.79 Å². The number of ether oxygens (including phenoxy) is 1. The highest BCUT2D eigenvalue weighted by Crippen LogP contribution is 2.37. The van der Waals surface area contributed by atoms with Crippen molar-refractivity contribution in [3.05, 3.63) is 48.0 Å². The van der Waals surface area contributed by atoms with Crippen LogP contribution in [0.25, 0.3) is 10.8 Å². The van der Waals surface area contributed by atoms with Crippen molar-refractivity contribution in [1.29, 1.82) is 0 Å². The smallest absolute Gasteiger partial charge is 0.457 e. The minimum atomic E-state index is -0.320. The third kappa shape index (κ3) is 3.88. The molecule has 0 bridgehead atoms. The summed E-state index contributed by atoms with van der Waals surface area (Å²) in [5.41, 5.74) is -0.0619. The molecule has 0 unspecified atom stereocenters. The van der Waals surface area contributed by atoms with E-state index in [1.165, 1.54) is 0 Å². The molecule has 0 spiro atoms. The van der Waals surface area contributed by atoms with Crippen LogP contribution in [-0.2, 0) is 14.0 Å². The van der Waals surface area contributed by atoms with Crippen molar-refractivity contribution in [3.63, 3.8) is 0 Å². The molecular weight excluding hydrogens is 315 g/mol. The lowest BCUT2D eigenvalue weighted by atomic mass is 9.83. The molecule has 25 heavy (non-hydrogen) atoms. The molecule has 2 aromatic carbocycles. The lowest BCUT2D eigenvalue weighted by Gasteiger charge is -2.32. The molecule has 0 aliphatic carbocycles. The van der Waals surface area contributed by atoms with Crippen LogP contribution in [0.2, 0.25) is 6.32 Å². The van der Waals surface area contributed by atoms with E-state index in [1.54, 1.807) is 6.07 Å². The summed E-state index contributed by atoms with van der Waals surface area (Å²) >= 11 is 0. The van der Waals surface area contributed by atoms with Crippen molar-refractivity contribution in [2.24, 2.45) is 0 Å². The second-order valence-electron chi connectivity index (χ2n) is 7.53. The molecule has 4 nitrogen and oxygen atoms in total. The Morgan fingerprint density at radius 3 is 2.32 bits per heavy atom. The molecule has 0 radical (unpaired) electrons. The Morgan fingerprint density at radius 1 is 1.00 bits per heavy atom. The number of fused-ring (bicyclic) bond motifs is 1. The first kappa shape index (κ1) is 18.0. The first-order valence-electron chi connectivity index (χ1n) is 8.80. The zero-order chi connectivity index (χ0) is 18.1. The summed E-state index contributed by atoms with van der Waals surface area (Å²) in [6.07, 6.45) is 1.41. The molecule has 1 aliphatic heterocycles. The van der Waals surface area contributed by atoms with Gasteiger partial charge in [0.05, 0.1) is 23.4 Å². The monoisotopic (exact) mass is 340 g/mol. The zero-order valence-electron chi connectivity index (χ0n) is 15.4. The predicted octanol–water partition coefficient (Wildman–Crippen LogP) is 4.48. The molecule has 3 rings (SSSR count). The molecule has 2 aromatic rings. The van der Waals surface area contributed by atoms with Gasteiger partial charge in [0, 0.05) is 0 Å². The van der Waals surface area contributed by atoms with Gasteiger partial charge in [0.1, 0.15) is 0 Å². The summed E-state index contributed by atoms with van der Waals surface area (Å²) in [7, 11) is -0.246. The molecule has 0 saturated carbocycles. The SMILES string of the molecule is CC1(C)OB(CCCOC(=O)c2ccc3ccccc3c2)OC1(C)C. The van der Waals surface area contributed by atoms with Crippen molar-refractivity contribution >= 4 is 23.9 Å². The summed E-state index contributed by atoms with van der Waals surface area (Å²) in [6.45, 7) is 8.49. The molecule has 1 saturated heterocycles. The van der Waals surface area contributed by atoms with E-state index in [2.05, 4.69) is 0 Å². The lowest BCUT2D eigenvalue weighted by molar-refractivity contribution is 0.00578. The van der Waals surface area contributed by atoms with Gasteiger partial charge in [-0.2, -0.15) is 0 Å². The highest BCUT2D eigenvalue weighted by molar-refractivity contribution is 6.45. The third-order valence-corrected chi connectivity index (χ3v) is 5.10. The van der Waals surface area contributed by atoms with Crippen LogP contribution in [-0.4, -0.2) is 30.9 Å². The molecular formula is C20H25BO4. The largest absolute Gasteiger partial charge is 0.462 e. The molecule has 1 aliphatic rings. The van der Waals surface area contributed by atoms with Crippen LogP contribution in [0, 0.1) is 0 Å². The van der Waals surface area contributed by atoms with Gasteiger partial charge >= 0.3 is 13.1 Å². The molecule has 0 amide bonds. The summed E-state index contributed by atoms with van der Waals surface area (Å²) < 4.78 is 17.3. The Balaban J connectivity index is 1.48. The second kappa shape index (κ2) is 6.81. The summed E-state index contributed by atoms with van der Waals surface area (Å²) in [6, 6.07) is 13.6. The van der Waals surface area contributed by atoms with E-state index in [0.717, 1.165) is 10.8 Å². The first-order chi connectivity index (χ1) is 11.8. The van der Waals surface area contributed by atoms with Crippen LogP contribution in [0.4, 0.5) is 0 Å². The van der Waals surface area contributed by atoms with Gasteiger partial charge in [0.15, 0.2) is 0 Å². The van der Waals surface area contributed by atoms with Crippen LogP contribution in [0.3, 0.4) is 0 Å². The maximum atomic E-state index is 12.2. The maximum absolute atomic E-state index is 12.2. The van der Waals surface area contributed by atoms with E-state index in [9.17, 15) is 4.79 Å². The second-order valence-corrected chi connectivity index (χ2v) is 7.53. The van der Waals surface area contributed by atoms with E-state index in [0.29, 0.717) is 24.9 Å². The molecule has 1 heterocycles. The van der Waals surface area contributed by atoms with Crippen molar-refractivity contribution in [1.82, 2.24) is 0 Å². The van der Waals surface area contributed by atoms with Gasteiger partial charge in [-0.15, -0.1) is 0 Å². The molecule has 5 heteroatoms. The highest BCUT2D eigenvalue weighted by Gasteiger charge is 2.50. The van der Waals surface area contributed by atoms with E-state index in [1.807, 2.05) is 64.1 Å². The van der Waals surface area contributed by atoms with E-state index in [4.69, 9.17) is 14.0 Å². The number of rotatable bonds is 5. The summed E-state index contributed by atoms with van der Waals surface area (Å²) in [5.74, 6) is -0.292. The third-order valence-electron chi connectivity index (χ3n) is 5.10. The van der Waals surface area contributed by atoms with Crippen LogP contribution in [0.5, 0.6) is 0 Å². The van der Waals surface area contributed by atoms with Crippen LogP contribution >= 0.6 is 0 Å². The quantitative estimate of drug-likeness (QED) is 0.457. The molecule has 0 atom stereocenters. The molecule has 1 fully saturated rings. The van der Waals surface area contributed by atoms with Gasteiger partial charge in [0.25, 0.3) is 0 Å². The highest BCUT2D eigenvalue weighted by atomic mass is 16.7. The number of hydrogen-bond donors (Lipinski definition) is 0. The fraction of sp³-hybridized carbons (Fsp3) is 0.450. The minimum absolute atomic E-state index is 0.246. The van der Waals surface area contributed by atoms with E-state index >= 15 is 0 Å². The zero-order valence-corrected chi connectivity index (χ0v) is 15.4. The molecule has 0 N–H and O–H groups in total. The fourth-order valence-electron chi connectivity index (χ4n) is 2.90. The average molecular weight is 340 g/mol. The van der Waals surface area contributed by atoms with E-state index in [-0.39, 0.29) is 24.3 Å². The van der Waals surface area contributed by atoms with Gasteiger partial charge in [-0.1, -0.05) is 30.3 Å². The van der Waals surface area contributed by atoms with Gasteiger partial charge in [-0.05, 0) is 63.3 Å². The van der Waals surface area contributed by atoms with Crippen LogP contribution in [0.1, 0.15) is 44.5 Å².